The van der Waals surface area contributed by atoms with Gasteiger partial charge in [-0.1, -0.05) is 72.8 Å². The second kappa shape index (κ2) is 9.79. The molecule has 0 aliphatic heterocycles. The third-order valence-electron chi connectivity index (χ3n) is 3.01. The third kappa shape index (κ3) is 6.32. The van der Waals surface area contributed by atoms with Crippen LogP contribution < -0.4 is 0 Å². The van der Waals surface area contributed by atoms with E-state index in [-0.39, 0.29) is 13.2 Å². The zero-order valence-electron chi connectivity index (χ0n) is 13.1. The Morgan fingerprint density at radius 2 is 1.04 bits per heavy atom. The van der Waals surface area contributed by atoms with E-state index in [0.29, 0.717) is 0 Å². The number of rotatable bonds is 6. The summed E-state index contributed by atoms with van der Waals surface area (Å²) in [5.41, 5.74) is 1.98. The van der Waals surface area contributed by atoms with Crippen LogP contribution in [-0.4, -0.2) is 25.2 Å². The minimum atomic E-state index is -0.999. The van der Waals surface area contributed by atoms with Crippen molar-refractivity contribution in [2.45, 2.75) is 0 Å². The molecule has 0 N–H and O–H groups in total. The lowest BCUT2D eigenvalue weighted by molar-refractivity contribution is -0.166. The van der Waals surface area contributed by atoms with E-state index < -0.39 is 11.9 Å². The lowest BCUT2D eigenvalue weighted by Crippen LogP contribution is -2.20. The molecule has 2 rings (SSSR count). The highest BCUT2D eigenvalue weighted by Crippen LogP contribution is 2.02. The Kier molecular flexibility index (Phi) is 7.02. The summed E-state index contributed by atoms with van der Waals surface area (Å²) in [6.45, 7) is 0.0331. The molecular formula is C20H18O4. The van der Waals surface area contributed by atoms with Gasteiger partial charge in [0.1, 0.15) is 13.2 Å². The summed E-state index contributed by atoms with van der Waals surface area (Å²) in [6.07, 6.45) is 6.94. The number of carbonyl (C=O) groups is 2. The Labute approximate surface area is 141 Å². The van der Waals surface area contributed by atoms with Crippen molar-refractivity contribution in [2.24, 2.45) is 0 Å². The highest BCUT2D eigenvalue weighted by molar-refractivity contribution is 6.29. The topological polar surface area (TPSA) is 52.6 Å². The summed E-state index contributed by atoms with van der Waals surface area (Å²) in [5, 5.41) is 0. The van der Waals surface area contributed by atoms with Gasteiger partial charge in [0.05, 0.1) is 0 Å². The van der Waals surface area contributed by atoms with Crippen molar-refractivity contribution < 1.29 is 19.1 Å². The molecule has 0 spiro atoms. The van der Waals surface area contributed by atoms with Gasteiger partial charge < -0.3 is 9.47 Å². The highest BCUT2D eigenvalue weighted by atomic mass is 16.6. The molecular weight excluding hydrogens is 304 g/mol. The van der Waals surface area contributed by atoms with Gasteiger partial charge in [-0.15, -0.1) is 0 Å². The molecule has 0 radical (unpaired) electrons. The monoisotopic (exact) mass is 322 g/mol. The molecule has 0 saturated heterocycles. The molecule has 0 aliphatic rings. The predicted molar refractivity (Wildman–Crippen MR) is 92.9 cm³/mol. The van der Waals surface area contributed by atoms with Gasteiger partial charge >= 0.3 is 11.9 Å². The largest absolute Gasteiger partial charge is 0.453 e. The molecule has 0 heterocycles. The maximum Gasteiger partial charge on any atom is 0.417 e. The lowest BCUT2D eigenvalue weighted by atomic mass is 10.2. The molecule has 0 amide bonds. The molecule has 0 saturated carbocycles. The van der Waals surface area contributed by atoms with Crippen LogP contribution in [0.4, 0.5) is 0 Å². The summed E-state index contributed by atoms with van der Waals surface area (Å²) >= 11 is 0. The van der Waals surface area contributed by atoms with Crippen LogP contribution in [-0.2, 0) is 19.1 Å². The normalized spacial score (nSPS) is 10.8. The second-order valence-corrected chi connectivity index (χ2v) is 4.82. The van der Waals surface area contributed by atoms with E-state index in [1.807, 2.05) is 60.7 Å². The molecule has 0 aromatic heterocycles. The van der Waals surface area contributed by atoms with Gasteiger partial charge in [-0.25, -0.2) is 9.59 Å². The summed E-state index contributed by atoms with van der Waals surface area (Å²) in [5.74, 6) is -2.00. The van der Waals surface area contributed by atoms with E-state index in [1.165, 1.54) is 0 Å². The van der Waals surface area contributed by atoms with Crippen LogP contribution in [0, 0.1) is 0 Å². The first-order chi connectivity index (χ1) is 11.8. The number of esters is 2. The van der Waals surface area contributed by atoms with Gasteiger partial charge in [0.25, 0.3) is 0 Å². The fourth-order valence-electron chi connectivity index (χ4n) is 1.86. The average Bonchev–Trinajstić information content (AvgIpc) is 2.63. The Bertz CT molecular complexity index is 639. The van der Waals surface area contributed by atoms with Crippen molar-refractivity contribution in [2.75, 3.05) is 13.2 Å². The Morgan fingerprint density at radius 3 is 1.42 bits per heavy atom. The van der Waals surface area contributed by atoms with E-state index in [4.69, 9.17) is 9.47 Å². The van der Waals surface area contributed by atoms with Crippen LogP contribution >= 0.6 is 0 Å². The maximum atomic E-state index is 11.5. The SMILES string of the molecule is O=C(OC/C=C/c1ccccc1)C(=O)OC/C=C/c1ccccc1. The molecule has 122 valence electrons. The van der Waals surface area contributed by atoms with Crippen molar-refractivity contribution in [3.8, 4) is 0 Å². The molecule has 4 heteroatoms. The molecule has 0 fully saturated rings. The quantitative estimate of drug-likeness (QED) is 0.603. The fourth-order valence-corrected chi connectivity index (χ4v) is 1.86. The van der Waals surface area contributed by atoms with Crippen LogP contribution in [0.1, 0.15) is 11.1 Å². The number of hydrogen-bond donors (Lipinski definition) is 0. The maximum absolute atomic E-state index is 11.5. The number of benzene rings is 2. The summed E-state index contributed by atoms with van der Waals surface area (Å²) < 4.78 is 9.63. The Morgan fingerprint density at radius 1 is 0.667 bits per heavy atom. The number of hydrogen-bond acceptors (Lipinski definition) is 4. The lowest BCUT2D eigenvalue weighted by Gasteiger charge is -2.01. The summed E-state index contributed by atoms with van der Waals surface area (Å²) in [7, 11) is 0. The van der Waals surface area contributed by atoms with Crippen LogP contribution in [0.2, 0.25) is 0 Å². The molecule has 24 heavy (non-hydrogen) atoms. The van der Waals surface area contributed by atoms with Crippen molar-refractivity contribution >= 4 is 24.1 Å². The number of carbonyl (C=O) groups excluding carboxylic acids is 2. The molecule has 4 nitrogen and oxygen atoms in total. The molecule has 0 bridgehead atoms. The van der Waals surface area contributed by atoms with Crippen LogP contribution in [0.25, 0.3) is 12.2 Å². The standard InChI is InChI=1S/C20H18O4/c21-19(23-15-7-13-17-9-3-1-4-10-17)20(22)24-16-8-14-18-11-5-2-6-12-18/h1-14H,15-16H2/b13-7+,14-8+. The first-order valence-electron chi connectivity index (χ1n) is 7.53. The van der Waals surface area contributed by atoms with Gasteiger partial charge in [-0.2, -0.15) is 0 Å². The smallest absolute Gasteiger partial charge is 0.417 e. The van der Waals surface area contributed by atoms with Gasteiger partial charge in [0.2, 0.25) is 0 Å². The van der Waals surface area contributed by atoms with E-state index in [2.05, 4.69) is 0 Å². The van der Waals surface area contributed by atoms with Crippen LogP contribution in [0.15, 0.2) is 72.8 Å². The van der Waals surface area contributed by atoms with Gasteiger partial charge in [-0.3, -0.25) is 0 Å². The van der Waals surface area contributed by atoms with Crippen molar-refractivity contribution in [1.29, 1.82) is 0 Å². The van der Waals surface area contributed by atoms with E-state index in [0.717, 1.165) is 11.1 Å². The van der Waals surface area contributed by atoms with Crippen molar-refractivity contribution in [1.82, 2.24) is 0 Å². The zero-order valence-corrected chi connectivity index (χ0v) is 13.1. The van der Waals surface area contributed by atoms with E-state index in [1.54, 1.807) is 24.3 Å². The number of ether oxygens (including phenoxy) is 2. The molecule has 0 unspecified atom stereocenters. The van der Waals surface area contributed by atoms with E-state index >= 15 is 0 Å². The Hall–Kier alpha value is -3.14. The van der Waals surface area contributed by atoms with E-state index in [9.17, 15) is 9.59 Å². The molecule has 0 aliphatic carbocycles. The predicted octanol–water partition coefficient (Wildman–Crippen LogP) is 3.50. The summed E-state index contributed by atoms with van der Waals surface area (Å²) in [4.78, 5) is 22.9. The van der Waals surface area contributed by atoms with Gasteiger partial charge in [-0.05, 0) is 23.3 Å². The van der Waals surface area contributed by atoms with Crippen LogP contribution in [0.3, 0.4) is 0 Å². The second-order valence-electron chi connectivity index (χ2n) is 4.82. The Balaban J connectivity index is 1.66. The molecule has 0 atom stereocenters. The highest BCUT2D eigenvalue weighted by Gasteiger charge is 2.15. The molecule has 2 aromatic rings. The minimum absolute atomic E-state index is 0.0165. The minimum Gasteiger partial charge on any atom is -0.453 e. The fraction of sp³-hybridized carbons (Fsp3) is 0.100. The van der Waals surface area contributed by atoms with Crippen molar-refractivity contribution in [3.63, 3.8) is 0 Å². The summed E-state index contributed by atoms with van der Waals surface area (Å²) in [6, 6.07) is 19.2. The first kappa shape index (κ1) is 17.2. The molecule has 2 aromatic carbocycles. The zero-order chi connectivity index (χ0) is 17.0. The average molecular weight is 322 g/mol. The van der Waals surface area contributed by atoms with Gasteiger partial charge in [0.15, 0.2) is 0 Å². The van der Waals surface area contributed by atoms with Crippen LogP contribution in [0.5, 0.6) is 0 Å². The van der Waals surface area contributed by atoms with Crippen molar-refractivity contribution in [3.05, 3.63) is 83.9 Å². The van der Waals surface area contributed by atoms with Gasteiger partial charge in [0, 0.05) is 0 Å². The third-order valence-corrected chi connectivity index (χ3v) is 3.01. The first-order valence-corrected chi connectivity index (χ1v) is 7.53.